The van der Waals surface area contributed by atoms with E-state index < -0.39 is 0 Å². The molecule has 0 saturated heterocycles. The third-order valence-electron chi connectivity index (χ3n) is 8.83. The van der Waals surface area contributed by atoms with Crippen molar-refractivity contribution in [3.63, 3.8) is 0 Å². The number of thiol groups is 1. The van der Waals surface area contributed by atoms with Crippen LogP contribution in [-0.2, 0) is 0 Å². The molecule has 0 spiro atoms. The molecule has 27 heavy (non-hydrogen) atoms. The van der Waals surface area contributed by atoms with Crippen LogP contribution < -0.4 is 0 Å². The molecule has 2 fully saturated rings. The normalized spacial score (nSPS) is 44.2. The smallest absolute Gasteiger partial charge is 0.0252 e. The highest BCUT2D eigenvalue weighted by Gasteiger charge is 2.63. The predicted octanol–water partition coefficient (Wildman–Crippen LogP) is 7.62. The summed E-state index contributed by atoms with van der Waals surface area (Å²) in [5.41, 5.74) is 5.33. The molecule has 0 N–H and O–H groups in total. The van der Waals surface area contributed by atoms with E-state index in [9.17, 15) is 0 Å². The summed E-state index contributed by atoms with van der Waals surface area (Å²) in [6.45, 7) is 11.1. The van der Waals surface area contributed by atoms with Crippen LogP contribution in [0.5, 0.6) is 0 Å². The van der Waals surface area contributed by atoms with Crippen LogP contribution >= 0.6 is 12.6 Å². The summed E-state index contributed by atoms with van der Waals surface area (Å²) in [7, 11) is 0. The van der Waals surface area contributed by atoms with Crippen molar-refractivity contribution < 1.29 is 0 Å². The summed E-state index contributed by atoms with van der Waals surface area (Å²) in [6, 6.07) is 0. The SMILES string of the molecule is C=C/C=C\C(=C/C)C1=CCC2C3CCC4=CCCCC4(C)[C@@]3(S)CCC12C. The van der Waals surface area contributed by atoms with Crippen LogP contribution in [0.3, 0.4) is 0 Å². The summed E-state index contributed by atoms with van der Waals surface area (Å²) >= 11 is 5.56. The van der Waals surface area contributed by atoms with Crippen LogP contribution in [0, 0.1) is 22.7 Å². The summed E-state index contributed by atoms with van der Waals surface area (Å²) in [4.78, 5) is 0. The number of allylic oxidation sites excluding steroid dienone is 9. The lowest BCUT2D eigenvalue weighted by atomic mass is 9.46. The molecule has 0 amide bonds. The van der Waals surface area contributed by atoms with Crippen LogP contribution in [0.25, 0.3) is 0 Å². The van der Waals surface area contributed by atoms with Crippen LogP contribution in [0.2, 0.25) is 0 Å². The Hall–Kier alpha value is -0.950. The summed E-state index contributed by atoms with van der Waals surface area (Å²) in [5.74, 6) is 1.47. The lowest BCUT2D eigenvalue weighted by Crippen LogP contribution is -2.59. The Balaban J connectivity index is 1.69. The molecule has 4 aliphatic carbocycles. The molecule has 0 aromatic heterocycles. The zero-order valence-electron chi connectivity index (χ0n) is 17.4. The van der Waals surface area contributed by atoms with Crippen LogP contribution in [0.1, 0.15) is 72.1 Å². The lowest BCUT2D eigenvalue weighted by Gasteiger charge is -2.63. The molecular weight excluding hydrogens is 344 g/mol. The monoisotopic (exact) mass is 380 g/mol. The van der Waals surface area contributed by atoms with Crippen molar-refractivity contribution in [2.75, 3.05) is 0 Å². The number of fused-ring (bicyclic) bond motifs is 5. The van der Waals surface area contributed by atoms with E-state index in [-0.39, 0.29) is 4.75 Å². The zero-order chi connectivity index (χ0) is 19.3. The first-order chi connectivity index (χ1) is 12.9. The molecule has 0 nitrogen and oxygen atoms in total. The van der Waals surface area contributed by atoms with Gasteiger partial charge >= 0.3 is 0 Å². The molecule has 1 heteroatoms. The fraction of sp³-hybridized carbons (Fsp3) is 0.615. The Kier molecular flexibility index (Phi) is 4.90. The molecule has 0 aliphatic heterocycles. The molecule has 5 atom stereocenters. The highest BCUT2D eigenvalue weighted by Crippen LogP contribution is 2.69. The molecule has 0 bridgehead atoms. The third kappa shape index (κ3) is 2.64. The quantitative estimate of drug-likeness (QED) is 0.290. The summed E-state index contributed by atoms with van der Waals surface area (Å²) in [6.07, 6.45) is 24.0. The van der Waals surface area contributed by atoms with Gasteiger partial charge in [-0.25, -0.2) is 0 Å². The van der Waals surface area contributed by atoms with Gasteiger partial charge in [0.05, 0.1) is 0 Å². The molecule has 0 radical (unpaired) electrons. The molecule has 4 aliphatic rings. The van der Waals surface area contributed by atoms with Gasteiger partial charge < -0.3 is 0 Å². The van der Waals surface area contributed by atoms with E-state index in [1.165, 1.54) is 56.9 Å². The van der Waals surface area contributed by atoms with Crippen molar-refractivity contribution in [2.24, 2.45) is 22.7 Å². The molecule has 0 heterocycles. The Labute approximate surface area is 172 Å². The summed E-state index contributed by atoms with van der Waals surface area (Å²) < 4.78 is 0.179. The average molecular weight is 381 g/mol. The van der Waals surface area contributed by atoms with Crippen LogP contribution in [-0.4, -0.2) is 4.75 Å². The fourth-order valence-electron chi connectivity index (χ4n) is 7.22. The van der Waals surface area contributed by atoms with Gasteiger partial charge in [0.25, 0.3) is 0 Å². The van der Waals surface area contributed by atoms with Crippen LogP contribution in [0.4, 0.5) is 0 Å². The second-order valence-corrected chi connectivity index (χ2v) is 10.5. The van der Waals surface area contributed by atoms with Crippen molar-refractivity contribution >= 4 is 12.6 Å². The first-order valence-electron chi connectivity index (χ1n) is 11.0. The maximum Gasteiger partial charge on any atom is 0.0252 e. The highest BCUT2D eigenvalue weighted by atomic mass is 32.1. The number of hydrogen-bond acceptors (Lipinski definition) is 1. The van der Waals surface area contributed by atoms with Gasteiger partial charge in [-0.15, -0.1) is 0 Å². The van der Waals surface area contributed by atoms with E-state index in [4.69, 9.17) is 12.6 Å². The third-order valence-corrected chi connectivity index (χ3v) is 9.88. The van der Waals surface area contributed by atoms with Crippen molar-refractivity contribution in [3.05, 3.63) is 59.8 Å². The van der Waals surface area contributed by atoms with Gasteiger partial charge in [-0.2, -0.15) is 12.6 Å². The number of rotatable bonds is 3. The van der Waals surface area contributed by atoms with Gasteiger partial charge in [0.1, 0.15) is 0 Å². The van der Waals surface area contributed by atoms with Crippen molar-refractivity contribution in [2.45, 2.75) is 76.9 Å². The largest absolute Gasteiger partial charge is 0.171 e. The Morgan fingerprint density at radius 2 is 2.00 bits per heavy atom. The van der Waals surface area contributed by atoms with Crippen molar-refractivity contribution in [1.29, 1.82) is 0 Å². The molecule has 4 unspecified atom stereocenters. The van der Waals surface area contributed by atoms with Crippen molar-refractivity contribution in [1.82, 2.24) is 0 Å². The van der Waals surface area contributed by atoms with E-state index in [0.717, 1.165) is 11.8 Å². The second-order valence-electron chi connectivity index (χ2n) is 9.74. The first kappa shape index (κ1) is 19.4. The zero-order valence-corrected chi connectivity index (χ0v) is 18.3. The van der Waals surface area contributed by atoms with E-state index >= 15 is 0 Å². The Morgan fingerprint density at radius 3 is 2.74 bits per heavy atom. The lowest BCUT2D eigenvalue weighted by molar-refractivity contribution is -0.00205. The minimum Gasteiger partial charge on any atom is -0.171 e. The molecular formula is C26H36S. The second kappa shape index (κ2) is 6.83. The molecule has 0 aromatic rings. The van der Waals surface area contributed by atoms with Gasteiger partial charge in [0.2, 0.25) is 0 Å². The molecule has 2 saturated carbocycles. The fourth-order valence-corrected chi connectivity index (χ4v) is 7.90. The van der Waals surface area contributed by atoms with E-state index in [1.54, 1.807) is 11.1 Å². The van der Waals surface area contributed by atoms with Gasteiger partial charge in [-0.3, -0.25) is 0 Å². The minimum atomic E-state index is 0.179. The average Bonchev–Trinajstić information content (AvgIpc) is 3.00. The topological polar surface area (TPSA) is 0 Å². The summed E-state index contributed by atoms with van der Waals surface area (Å²) in [5, 5.41) is 0. The van der Waals surface area contributed by atoms with Crippen LogP contribution in [0.15, 0.2) is 59.8 Å². The Bertz CT molecular complexity index is 750. The molecule has 146 valence electrons. The van der Waals surface area contributed by atoms with E-state index in [2.05, 4.69) is 57.7 Å². The minimum absolute atomic E-state index is 0.179. The highest BCUT2D eigenvalue weighted by molar-refractivity contribution is 7.81. The maximum absolute atomic E-state index is 5.56. The molecule has 0 aromatic carbocycles. The van der Waals surface area contributed by atoms with Gasteiger partial charge in [0.15, 0.2) is 0 Å². The first-order valence-corrected chi connectivity index (χ1v) is 11.4. The maximum atomic E-state index is 5.56. The van der Waals surface area contributed by atoms with Gasteiger partial charge in [0, 0.05) is 10.2 Å². The Morgan fingerprint density at radius 1 is 1.19 bits per heavy atom. The van der Waals surface area contributed by atoms with Gasteiger partial charge in [-0.05, 0) is 86.7 Å². The predicted molar refractivity (Wildman–Crippen MR) is 121 cm³/mol. The number of hydrogen-bond donors (Lipinski definition) is 1. The standard InChI is InChI=1S/C26H36S/c1-5-7-10-19(6-2)21-14-15-22-23-13-12-20-11-8-9-16-25(20,4)26(23,27)18-17-24(21,22)3/h5-7,10-11,14,22-23,27H,1,8-9,12-13,15-18H2,2-4H3/b10-7-,19-6+/t22?,23?,24?,25?,26-/m1/s1. The van der Waals surface area contributed by atoms with E-state index in [1.807, 2.05) is 6.08 Å². The van der Waals surface area contributed by atoms with Gasteiger partial charge in [-0.1, -0.05) is 62.5 Å². The molecule has 4 rings (SSSR count). The van der Waals surface area contributed by atoms with Crippen molar-refractivity contribution in [3.8, 4) is 0 Å². The van der Waals surface area contributed by atoms with E-state index in [0.29, 0.717) is 10.8 Å².